The molecule has 2 rings (SSSR count). The molecule has 3 nitrogen and oxygen atoms in total. The van der Waals surface area contributed by atoms with Crippen LogP contribution in [-0.4, -0.2) is 7.11 Å². The Kier molecular flexibility index (Phi) is 2.77. The number of allylic oxidation sites excluding steroid dienone is 1. The maximum atomic E-state index is 11.7. The number of rotatable bonds is 3. The van der Waals surface area contributed by atoms with Crippen LogP contribution in [0.3, 0.4) is 0 Å². The number of methoxy groups -OCH3 is 1. The number of fused-ring (bicyclic) bond motifs is 1. The highest BCUT2D eigenvalue weighted by Crippen LogP contribution is 2.27. The van der Waals surface area contributed by atoms with Crippen LogP contribution in [0.15, 0.2) is 46.1 Å². The zero-order chi connectivity index (χ0) is 11.5. The molecule has 0 amide bonds. The maximum Gasteiger partial charge on any atom is 0.343 e. The van der Waals surface area contributed by atoms with Gasteiger partial charge in [-0.3, -0.25) is 0 Å². The summed E-state index contributed by atoms with van der Waals surface area (Å²) < 4.78 is 10.5. The highest BCUT2D eigenvalue weighted by Gasteiger charge is 2.13. The zero-order valence-electron chi connectivity index (χ0n) is 9.03. The van der Waals surface area contributed by atoms with Crippen LogP contribution in [0, 0.1) is 0 Å². The molecule has 1 aromatic carbocycles. The summed E-state index contributed by atoms with van der Waals surface area (Å²) in [4.78, 5) is 11.7. The number of benzene rings is 1. The Morgan fingerprint density at radius 3 is 2.88 bits per heavy atom. The fourth-order valence-electron chi connectivity index (χ4n) is 1.71. The molecule has 0 N–H and O–H groups in total. The summed E-state index contributed by atoms with van der Waals surface area (Å²) in [5.41, 5.74) is 0.684. The molecule has 0 aliphatic heterocycles. The first-order valence-corrected chi connectivity index (χ1v) is 4.97. The van der Waals surface area contributed by atoms with Crippen LogP contribution in [0.25, 0.3) is 11.0 Å². The highest BCUT2D eigenvalue weighted by atomic mass is 16.5. The topological polar surface area (TPSA) is 39.4 Å². The van der Waals surface area contributed by atoms with Crippen LogP contribution in [0.5, 0.6) is 5.75 Å². The summed E-state index contributed by atoms with van der Waals surface area (Å²) in [5.74, 6) is 0.576. The van der Waals surface area contributed by atoms with Crippen molar-refractivity contribution in [2.45, 2.75) is 6.42 Å². The van der Waals surface area contributed by atoms with Crippen molar-refractivity contribution in [3.05, 3.63) is 52.9 Å². The molecule has 2 aromatic rings. The van der Waals surface area contributed by atoms with E-state index in [1.807, 2.05) is 18.2 Å². The van der Waals surface area contributed by atoms with E-state index in [0.29, 0.717) is 23.3 Å². The zero-order valence-corrected chi connectivity index (χ0v) is 9.03. The Morgan fingerprint density at radius 2 is 2.19 bits per heavy atom. The minimum atomic E-state index is -0.365. The van der Waals surface area contributed by atoms with Crippen molar-refractivity contribution >= 4 is 11.0 Å². The fourth-order valence-corrected chi connectivity index (χ4v) is 1.71. The monoisotopic (exact) mass is 216 g/mol. The van der Waals surface area contributed by atoms with Crippen LogP contribution in [-0.2, 0) is 6.42 Å². The molecule has 0 aliphatic carbocycles. The number of para-hydroxylation sites is 1. The van der Waals surface area contributed by atoms with Crippen LogP contribution < -0.4 is 10.4 Å². The summed E-state index contributed by atoms with van der Waals surface area (Å²) in [7, 11) is 1.55. The Labute approximate surface area is 93.0 Å². The predicted molar refractivity (Wildman–Crippen MR) is 62.9 cm³/mol. The van der Waals surface area contributed by atoms with Gasteiger partial charge in [0, 0.05) is 6.42 Å². The van der Waals surface area contributed by atoms with E-state index >= 15 is 0 Å². The second-order valence-electron chi connectivity index (χ2n) is 3.39. The second kappa shape index (κ2) is 4.23. The first kappa shape index (κ1) is 10.5. The van der Waals surface area contributed by atoms with Gasteiger partial charge in [0.05, 0.1) is 18.1 Å². The Balaban J connectivity index is 2.84. The lowest BCUT2D eigenvalue weighted by atomic mass is 10.1. The van der Waals surface area contributed by atoms with Crippen LogP contribution in [0.1, 0.15) is 5.56 Å². The molecule has 0 atom stereocenters. The summed E-state index contributed by atoms with van der Waals surface area (Å²) in [5, 5.41) is 0.807. The molecule has 0 fully saturated rings. The molecular formula is C13H12O3. The van der Waals surface area contributed by atoms with E-state index in [9.17, 15) is 4.79 Å². The minimum absolute atomic E-state index is 0.365. The average Bonchev–Trinajstić information content (AvgIpc) is 2.30. The van der Waals surface area contributed by atoms with E-state index in [4.69, 9.17) is 9.15 Å². The average molecular weight is 216 g/mol. The van der Waals surface area contributed by atoms with E-state index < -0.39 is 0 Å². The third-order valence-corrected chi connectivity index (χ3v) is 2.41. The minimum Gasteiger partial charge on any atom is -0.495 e. The molecule has 0 unspecified atom stereocenters. The molecule has 3 heteroatoms. The number of hydrogen-bond donors (Lipinski definition) is 0. The predicted octanol–water partition coefficient (Wildman–Crippen LogP) is 2.53. The molecule has 1 heterocycles. The van der Waals surface area contributed by atoms with Gasteiger partial charge in [0.1, 0.15) is 11.3 Å². The van der Waals surface area contributed by atoms with Gasteiger partial charge in [0.2, 0.25) is 0 Å². The van der Waals surface area contributed by atoms with Crippen molar-refractivity contribution in [3.63, 3.8) is 0 Å². The van der Waals surface area contributed by atoms with Crippen LogP contribution in [0.2, 0.25) is 0 Å². The third-order valence-electron chi connectivity index (χ3n) is 2.41. The van der Waals surface area contributed by atoms with Crippen molar-refractivity contribution < 1.29 is 9.15 Å². The van der Waals surface area contributed by atoms with Crippen molar-refractivity contribution in [1.29, 1.82) is 0 Å². The highest BCUT2D eigenvalue weighted by molar-refractivity contribution is 5.84. The lowest BCUT2D eigenvalue weighted by Gasteiger charge is -2.08. The SMILES string of the molecule is C=CCc1c(OC)c2ccccc2oc1=O. The van der Waals surface area contributed by atoms with Crippen molar-refractivity contribution in [3.8, 4) is 5.75 Å². The largest absolute Gasteiger partial charge is 0.495 e. The summed E-state index contributed by atoms with van der Waals surface area (Å²) in [6.45, 7) is 3.62. The molecule has 0 spiro atoms. The van der Waals surface area contributed by atoms with Gasteiger partial charge in [-0.2, -0.15) is 0 Å². The molecular weight excluding hydrogens is 204 g/mol. The van der Waals surface area contributed by atoms with Crippen molar-refractivity contribution in [2.24, 2.45) is 0 Å². The second-order valence-corrected chi connectivity index (χ2v) is 3.39. The first-order valence-electron chi connectivity index (χ1n) is 4.97. The van der Waals surface area contributed by atoms with Crippen LogP contribution >= 0.6 is 0 Å². The van der Waals surface area contributed by atoms with E-state index in [1.54, 1.807) is 19.3 Å². The van der Waals surface area contributed by atoms with Gasteiger partial charge in [0.25, 0.3) is 0 Å². The van der Waals surface area contributed by atoms with Crippen LogP contribution in [0.4, 0.5) is 0 Å². The molecule has 0 saturated heterocycles. The van der Waals surface area contributed by atoms with Crippen molar-refractivity contribution in [2.75, 3.05) is 7.11 Å². The van der Waals surface area contributed by atoms with Gasteiger partial charge in [0.15, 0.2) is 0 Å². The van der Waals surface area contributed by atoms with E-state index in [0.717, 1.165) is 5.39 Å². The van der Waals surface area contributed by atoms with E-state index in [2.05, 4.69) is 6.58 Å². The number of ether oxygens (including phenoxy) is 1. The molecule has 16 heavy (non-hydrogen) atoms. The van der Waals surface area contributed by atoms with Crippen molar-refractivity contribution in [1.82, 2.24) is 0 Å². The van der Waals surface area contributed by atoms with Gasteiger partial charge in [-0.25, -0.2) is 4.79 Å². The molecule has 0 radical (unpaired) electrons. The molecule has 0 saturated carbocycles. The van der Waals surface area contributed by atoms with Gasteiger partial charge >= 0.3 is 5.63 Å². The summed E-state index contributed by atoms with van der Waals surface area (Å²) in [6, 6.07) is 7.31. The van der Waals surface area contributed by atoms with Gasteiger partial charge in [-0.15, -0.1) is 6.58 Å². The number of hydrogen-bond acceptors (Lipinski definition) is 3. The van der Waals surface area contributed by atoms with Gasteiger partial charge < -0.3 is 9.15 Å². The smallest absolute Gasteiger partial charge is 0.343 e. The van der Waals surface area contributed by atoms with E-state index in [-0.39, 0.29) is 5.63 Å². The lowest BCUT2D eigenvalue weighted by molar-refractivity contribution is 0.407. The Hall–Kier alpha value is -2.03. The third kappa shape index (κ3) is 1.60. The molecule has 0 bridgehead atoms. The molecule has 0 aliphatic rings. The fraction of sp³-hybridized carbons (Fsp3) is 0.154. The quantitative estimate of drug-likeness (QED) is 0.584. The normalized spacial score (nSPS) is 10.3. The first-order chi connectivity index (χ1) is 7.77. The van der Waals surface area contributed by atoms with E-state index in [1.165, 1.54) is 0 Å². The Morgan fingerprint density at radius 1 is 1.44 bits per heavy atom. The standard InChI is InChI=1S/C13H12O3/c1-3-6-10-12(15-2)9-7-4-5-8-11(9)16-13(10)14/h3-5,7-8H,1,6H2,2H3. The summed E-state index contributed by atoms with van der Waals surface area (Å²) in [6.07, 6.45) is 2.10. The van der Waals surface area contributed by atoms with Gasteiger partial charge in [-0.05, 0) is 12.1 Å². The molecule has 1 aromatic heterocycles. The van der Waals surface area contributed by atoms with Gasteiger partial charge in [-0.1, -0.05) is 18.2 Å². The molecule has 82 valence electrons. The summed E-state index contributed by atoms with van der Waals surface area (Å²) >= 11 is 0. The Bertz CT molecular complexity index is 581. The lowest BCUT2D eigenvalue weighted by Crippen LogP contribution is -2.09. The maximum absolute atomic E-state index is 11.7.